The Morgan fingerprint density at radius 2 is 2.06 bits per heavy atom. The number of hydrogen-bond acceptors (Lipinski definition) is 6. The first-order chi connectivity index (χ1) is 16.3. The van der Waals surface area contributed by atoms with Gasteiger partial charge in [-0.3, -0.25) is 14.3 Å². The van der Waals surface area contributed by atoms with Crippen molar-refractivity contribution < 1.29 is 14.7 Å². The number of rotatable bonds is 12. The molecule has 0 bridgehead atoms. The van der Waals surface area contributed by atoms with Crippen LogP contribution in [0.25, 0.3) is 0 Å². The summed E-state index contributed by atoms with van der Waals surface area (Å²) in [6.07, 6.45) is 13.0. The van der Waals surface area contributed by atoms with E-state index in [0.717, 1.165) is 12.8 Å². The number of aliphatic hydroxyl groups excluding tert-OH is 1. The standard InChI is InChI=1S/C25H36N6O3/c1-4-5-11-25(28-29-25)12-9-22(33)31(19-14-20(32)15-19)23(24(34)26-16-17(2)3)21-10-13-30(27-21)18-7-6-8-18/h1,10,13,17-20,23,32H,5-9,11-12,14-16H2,2-3H3,(H,26,34). The quantitative estimate of drug-likeness (QED) is 0.459. The van der Waals surface area contributed by atoms with Crippen molar-refractivity contribution in [1.82, 2.24) is 20.0 Å². The Morgan fingerprint density at radius 3 is 2.62 bits per heavy atom. The molecular weight excluding hydrogens is 432 g/mol. The van der Waals surface area contributed by atoms with Crippen molar-refractivity contribution in [3.05, 3.63) is 18.0 Å². The van der Waals surface area contributed by atoms with E-state index in [1.807, 2.05) is 30.8 Å². The molecule has 0 spiro atoms. The number of nitrogens with one attached hydrogen (secondary N) is 1. The van der Waals surface area contributed by atoms with E-state index >= 15 is 0 Å². The Kier molecular flexibility index (Phi) is 7.36. The zero-order valence-corrected chi connectivity index (χ0v) is 20.2. The summed E-state index contributed by atoms with van der Waals surface area (Å²) in [6, 6.07) is 1.17. The van der Waals surface area contributed by atoms with E-state index in [2.05, 4.69) is 21.5 Å². The second-order valence-corrected chi connectivity index (χ2v) is 10.3. The lowest BCUT2D eigenvalue weighted by Crippen LogP contribution is -2.55. The topological polar surface area (TPSA) is 112 Å². The van der Waals surface area contributed by atoms with E-state index < -0.39 is 17.8 Å². The summed E-state index contributed by atoms with van der Waals surface area (Å²) in [5.74, 6) is 2.51. The van der Waals surface area contributed by atoms with E-state index in [1.54, 1.807) is 4.90 Å². The van der Waals surface area contributed by atoms with Crippen LogP contribution in [0.3, 0.4) is 0 Å². The van der Waals surface area contributed by atoms with Gasteiger partial charge in [0.25, 0.3) is 0 Å². The molecule has 9 heteroatoms. The highest BCUT2D eigenvalue weighted by Gasteiger charge is 2.45. The molecule has 0 saturated heterocycles. The predicted octanol–water partition coefficient (Wildman–Crippen LogP) is 3.13. The predicted molar refractivity (Wildman–Crippen MR) is 126 cm³/mol. The van der Waals surface area contributed by atoms with E-state index in [4.69, 9.17) is 11.5 Å². The van der Waals surface area contributed by atoms with Gasteiger partial charge in [-0.15, -0.1) is 12.3 Å². The third kappa shape index (κ3) is 5.49. The van der Waals surface area contributed by atoms with Crippen LogP contribution < -0.4 is 5.32 Å². The summed E-state index contributed by atoms with van der Waals surface area (Å²) in [6.45, 7) is 4.58. The number of aliphatic hydroxyl groups is 1. The van der Waals surface area contributed by atoms with Crippen molar-refractivity contribution in [1.29, 1.82) is 0 Å². The van der Waals surface area contributed by atoms with Gasteiger partial charge in [0.05, 0.1) is 17.8 Å². The molecule has 4 rings (SSSR count). The van der Waals surface area contributed by atoms with Crippen LogP contribution in [0.5, 0.6) is 0 Å². The summed E-state index contributed by atoms with van der Waals surface area (Å²) < 4.78 is 1.93. The average Bonchev–Trinajstić information content (AvgIpc) is 3.37. The summed E-state index contributed by atoms with van der Waals surface area (Å²) >= 11 is 0. The minimum atomic E-state index is -0.834. The third-order valence-corrected chi connectivity index (χ3v) is 7.13. The summed E-state index contributed by atoms with van der Waals surface area (Å²) in [5.41, 5.74) is 0.0133. The van der Waals surface area contributed by atoms with Crippen molar-refractivity contribution in [2.75, 3.05) is 6.54 Å². The van der Waals surface area contributed by atoms with Crippen LogP contribution in [-0.2, 0) is 9.59 Å². The Balaban J connectivity index is 1.55. The maximum atomic E-state index is 13.6. The number of terminal acetylenes is 1. The SMILES string of the molecule is C#CCCC1(CCC(=O)N(C2CC(O)C2)C(C(=O)NCC(C)C)c2ccn(C3CCC3)n2)N=N1. The normalized spacial score (nSPS) is 23.5. The fourth-order valence-electron chi connectivity index (χ4n) is 4.61. The molecule has 0 radical (unpaired) electrons. The first-order valence-electron chi connectivity index (χ1n) is 12.5. The van der Waals surface area contributed by atoms with Crippen molar-refractivity contribution in [2.24, 2.45) is 16.1 Å². The van der Waals surface area contributed by atoms with Gasteiger partial charge in [-0.1, -0.05) is 13.8 Å². The van der Waals surface area contributed by atoms with Crippen LogP contribution >= 0.6 is 0 Å². The zero-order chi connectivity index (χ0) is 24.3. The highest BCUT2D eigenvalue weighted by atomic mass is 16.3. The summed E-state index contributed by atoms with van der Waals surface area (Å²) in [5, 5.41) is 26.0. The second kappa shape index (κ2) is 10.3. The number of carbonyl (C=O) groups is 2. The van der Waals surface area contributed by atoms with Crippen LogP contribution in [0.1, 0.15) is 89.4 Å². The molecule has 2 amide bonds. The molecule has 9 nitrogen and oxygen atoms in total. The van der Waals surface area contributed by atoms with Gasteiger partial charge in [0, 0.05) is 44.5 Å². The third-order valence-electron chi connectivity index (χ3n) is 7.13. The van der Waals surface area contributed by atoms with E-state index in [9.17, 15) is 14.7 Å². The lowest BCUT2D eigenvalue weighted by molar-refractivity contribution is -0.149. The van der Waals surface area contributed by atoms with E-state index in [1.165, 1.54) is 6.42 Å². The molecule has 3 aliphatic rings. The van der Waals surface area contributed by atoms with Crippen molar-refractivity contribution in [3.63, 3.8) is 0 Å². The van der Waals surface area contributed by atoms with Gasteiger partial charge in [0.1, 0.15) is 0 Å². The van der Waals surface area contributed by atoms with Crippen LogP contribution in [0.15, 0.2) is 22.5 Å². The number of amides is 2. The van der Waals surface area contributed by atoms with Crippen molar-refractivity contribution >= 4 is 11.8 Å². The largest absolute Gasteiger partial charge is 0.393 e. The number of nitrogens with zero attached hydrogens (tertiary/aromatic N) is 5. The molecule has 1 atom stereocenters. The fraction of sp³-hybridized carbons (Fsp3) is 0.720. The highest BCUT2D eigenvalue weighted by molar-refractivity contribution is 5.88. The monoisotopic (exact) mass is 468 g/mol. The molecule has 1 aromatic heterocycles. The first-order valence-corrected chi connectivity index (χ1v) is 12.5. The number of hydrogen-bond donors (Lipinski definition) is 2. The first kappa shape index (κ1) is 24.4. The molecule has 1 aromatic rings. The van der Waals surface area contributed by atoms with Gasteiger partial charge in [0.15, 0.2) is 11.7 Å². The Morgan fingerprint density at radius 1 is 1.32 bits per heavy atom. The molecular formula is C25H36N6O3. The molecule has 2 heterocycles. The van der Waals surface area contributed by atoms with Crippen molar-refractivity contribution in [2.45, 2.75) is 102 Å². The van der Waals surface area contributed by atoms with Gasteiger partial charge in [-0.05, 0) is 44.1 Å². The van der Waals surface area contributed by atoms with Crippen LogP contribution in [-0.4, -0.2) is 56.0 Å². The minimum absolute atomic E-state index is 0.142. The molecule has 34 heavy (non-hydrogen) atoms. The highest BCUT2D eigenvalue weighted by Crippen LogP contribution is 2.40. The van der Waals surface area contributed by atoms with Crippen molar-refractivity contribution in [3.8, 4) is 12.3 Å². The van der Waals surface area contributed by atoms with Gasteiger partial charge >= 0.3 is 0 Å². The van der Waals surface area contributed by atoms with E-state index in [-0.39, 0.29) is 30.2 Å². The fourth-order valence-corrected chi connectivity index (χ4v) is 4.61. The van der Waals surface area contributed by atoms with Crippen LogP contribution in [0.4, 0.5) is 0 Å². The molecule has 184 valence electrons. The second-order valence-electron chi connectivity index (χ2n) is 10.3. The maximum absolute atomic E-state index is 13.6. The van der Waals surface area contributed by atoms with Crippen LogP contribution in [0, 0.1) is 18.3 Å². The van der Waals surface area contributed by atoms with Gasteiger partial charge in [-0.25, -0.2) is 0 Å². The Hall–Kier alpha value is -2.73. The maximum Gasteiger partial charge on any atom is 0.249 e. The lowest BCUT2D eigenvalue weighted by atomic mass is 9.86. The number of carbonyl (C=O) groups excluding carboxylic acids is 2. The van der Waals surface area contributed by atoms with E-state index in [0.29, 0.717) is 50.4 Å². The van der Waals surface area contributed by atoms with Crippen LogP contribution in [0.2, 0.25) is 0 Å². The molecule has 2 fully saturated rings. The lowest BCUT2D eigenvalue weighted by Gasteiger charge is -2.44. The molecule has 0 aromatic carbocycles. The van der Waals surface area contributed by atoms with Gasteiger partial charge in [-0.2, -0.15) is 15.3 Å². The van der Waals surface area contributed by atoms with Gasteiger partial charge in [0.2, 0.25) is 11.8 Å². The number of aromatic nitrogens is 2. The molecule has 1 unspecified atom stereocenters. The van der Waals surface area contributed by atoms with Gasteiger partial charge < -0.3 is 15.3 Å². The Bertz CT molecular complexity index is 948. The molecule has 2 saturated carbocycles. The zero-order valence-electron chi connectivity index (χ0n) is 20.2. The molecule has 1 aliphatic heterocycles. The molecule has 2 N–H and O–H groups in total. The smallest absolute Gasteiger partial charge is 0.249 e. The Labute approximate surface area is 201 Å². The average molecular weight is 469 g/mol. The molecule has 2 aliphatic carbocycles. The summed E-state index contributed by atoms with van der Waals surface area (Å²) in [4.78, 5) is 28.7. The summed E-state index contributed by atoms with van der Waals surface area (Å²) in [7, 11) is 0. The minimum Gasteiger partial charge on any atom is -0.393 e.